The first-order valence-electron chi connectivity index (χ1n) is 10.6. The third kappa shape index (κ3) is 5.70. The van der Waals surface area contributed by atoms with Crippen LogP contribution < -0.4 is 10.1 Å². The number of carbonyl (C=O) groups excluding carboxylic acids is 2. The second-order valence-corrected chi connectivity index (χ2v) is 8.08. The first-order chi connectivity index (χ1) is 14.9. The number of nitrogens with one attached hydrogen (secondary N) is 1. The lowest BCUT2D eigenvalue weighted by atomic mass is 10.1. The number of ether oxygens (including phenoxy) is 2. The average Bonchev–Trinajstić information content (AvgIpc) is 3.08. The molecule has 1 aromatic heterocycles. The smallest absolute Gasteiger partial charge is 0.407 e. The molecule has 0 aliphatic carbocycles. The fourth-order valence-corrected chi connectivity index (χ4v) is 3.67. The van der Waals surface area contributed by atoms with E-state index >= 15 is 0 Å². The summed E-state index contributed by atoms with van der Waals surface area (Å²) in [6.45, 7) is 9.08. The third-order valence-corrected chi connectivity index (χ3v) is 5.28. The zero-order valence-electron chi connectivity index (χ0n) is 18.2. The molecule has 2 aromatic rings. The highest BCUT2D eigenvalue weighted by molar-refractivity contribution is 6.32. The van der Waals surface area contributed by atoms with E-state index in [1.54, 1.807) is 6.92 Å². The Morgan fingerprint density at radius 3 is 2.68 bits per heavy atom. The monoisotopic (exact) mass is 448 g/mol. The average molecular weight is 449 g/mol. The summed E-state index contributed by atoms with van der Waals surface area (Å²) in [7, 11) is 0. The second-order valence-electron chi connectivity index (χ2n) is 7.72. The third-order valence-electron chi connectivity index (χ3n) is 5.02. The molecule has 2 amide bonds. The van der Waals surface area contributed by atoms with Crippen molar-refractivity contribution in [2.75, 3.05) is 32.8 Å². The van der Waals surface area contributed by atoms with E-state index < -0.39 is 6.09 Å². The zero-order chi connectivity index (χ0) is 22.4. The highest BCUT2D eigenvalue weighted by atomic mass is 35.5. The molecular weight excluding hydrogens is 420 g/mol. The van der Waals surface area contributed by atoms with Crippen LogP contribution >= 0.6 is 11.6 Å². The number of hydrogen-bond donors (Lipinski definition) is 1. The van der Waals surface area contributed by atoms with Gasteiger partial charge in [-0.1, -0.05) is 25.4 Å². The molecule has 0 spiro atoms. The van der Waals surface area contributed by atoms with Crippen LogP contribution in [0.15, 0.2) is 24.3 Å². The van der Waals surface area contributed by atoms with E-state index in [4.69, 9.17) is 21.1 Å². The molecule has 0 bridgehead atoms. The van der Waals surface area contributed by atoms with Crippen molar-refractivity contribution in [2.24, 2.45) is 5.92 Å². The van der Waals surface area contributed by atoms with Crippen LogP contribution in [0.2, 0.25) is 5.15 Å². The van der Waals surface area contributed by atoms with Gasteiger partial charge in [-0.15, -0.1) is 0 Å². The van der Waals surface area contributed by atoms with E-state index in [0.29, 0.717) is 55.5 Å². The minimum absolute atomic E-state index is 0.0749. The highest BCUT2D eigenvalue weighted by Gasteiger charge is 2.30. The number of amides is 2. The van der Waals surface area contributed by atoms with Crippen molar-refractivity contribution in [2.45, 2.75) is 33.7 Å². The summed E-state index contributed by atoms with van der Waals surface area (Å²) in [5.41, 5.74) is 1.60. The predicted molar refractivity (Wildman–Crippen MR) is 119 cm³/mol. The number of aromatic nitrogens is 2. The van der Waals surface area contributed by atoms with Crippen molar-refractivity contribution in [3.8, 4) is 17.0 Å². The van der Waals surface area contributed by atoms with E-state index in [2.05, 4.69) is 24.1 Å². The highest BCUT2D eigenvalue weighted by Crippen LogP contribution is 2.32. The molecule has 8 nitrogen and oxygen atoms in total. The van der Waals surface area contributed by atoms with Gasteiger partial charge in [0.1, 0.15) is 12.4 Å². The van der Waals surface area contributed by atoms with Gasteiger partial charge in [-0.2, -0.15) is 0 Å². The standard InChI is InChI=1S/C22H29ClN4O4/c1-4-30-22(29)24-10-14-31-17-7-5-16(6-8-17)18-19(23)25-20-21(28)26(11-9-15(2)3)12-13-27(18)20/h5-8,15H,4,9-14H2,1-3H3,(H,24,29). The maximum Gasteiger partial charge on any atom is 0.407 e. The van der Waals surface area contributed by atoms with Crippen LogP contribution in [0.4, 0.5) is 4.79 Å². The largest absolute Gasteiger partial charge is 0.492 e. The van der Waals surface area contributed by atoms with Crippen LogP contribution in [0.25, 0.3) is 11.3 Å². The van der Waals surface area contributed by atoms with Crippen LogP contribution in [0.1, 0.15) is 37.8 Å². The minimum Gasteiger partial charge on any atom is -0.492 e. The van der Waals surface area contributed by atoms with Gasteiger partial charge in [0.05, 0.1) is 18.8 Å². The van der Waals surface area contributed by atoms with Crippen molar-refractivity contribution < 1.29 is 19.1 Å². The first-order valence-corrected chi connectivity index (χ1v) is 11.0. The first kappa shape index (κ1) is 22.9. The Kier molecular flexibility index (Phi) is 7.79. The summed E-state index contributed by atoms with van der Waals surface area (Å²) >= 11 is 6.42. The molecule has 168 valence electrons. The van der Waals surface area contributed by atoms with Crippen LogP contribution in [0.5, 0.6) is 5.75 Å². The van der Waals surface area contributed by atoms with E-state index in [9.17, 15) is 9.59 Å². The summed E-state index contributed by atoms with van der Waals surface area (Å²) in [6, 6.07) is 7.44. The van der Waals surface area contributed by atoms with Gasteiger partial charge in [-0.3, -0.25) is 4.79 Å². The van der Waals surface area contributed by atoms with Crippen molar-refractivity contribution in [1.82, 2.24) is 19.8 Å². The molecule has 0 saturated heterocycles. The van der Waals surface area contributed by atoms with E-state index in [-0.39, 0.29) is 5.91 Å². The van der Waals surface area contributed by atoms with Gasteiger partial charge >= 0.3 is 6.09 Å². The molecule has 1 aromatic carbocycles. The van der Waals surface area contributed by atoms with Crippen molar-refractivity contribution in [1.29, 1.82) is 0 Å². The number of carbonyl (C=O) groups is 2. The Labute approximate surface area is 187 Å². The molecule has 0 fully saturated rings. The van der Waals surface area contributed by atoms with E-state index in [1.165, 1.54) is 0 Å². The predicted octanol–water partition coefficient (Wildman–Crippen LogP) is 3.83. The fourth-order valence-electron chi connectivity index (χ4n) is 3.38. The Morgan fingerprint density at radius 2 is 2.00 bits per heavy atom. The molecule has 9 heteroatoms. The van der Waals surface area contributed by atoms with Crippen LogP contribution in [-0.2, 0) is 11.3 Å². The Hall–Kier alpha value is -2.74. The molecule has 0 saturated carbocycles. The Balaban J connectivity index is 1.64. The molecule has 1 N–H and O–H groups in total. The van der Waals surface area contributed by atoms with Crippen LogP contribution in [0, 0.1) is 5.92 Å². The molecular formula is C22H29ClN4O4. The number of hydrogen-bond acceptors (Lipinski definition) is 5. The molecule has 1 aliphatic rings. The van der Waals surface area contributed by atoms with Gasteiger partial charge in [0.25, 0.3) is 5.91 Å². The number of benzene rings is 1. The van der Waals surface area contributed by atoms with E-state index in [0.717, 1.165) is 24.2 Å². The van der Waals surface area contributed by atoms with Gasteiger partial charge in [0.2, 0.25) is 5.82 Å². The number of alkyl carbamates (subject to hydrolysis) is 1. The summed E-state index contributed by atoms with van der Waals surface area (Å²) in [5.74, 6) is 1.52. The normalized spacial score (nSPS) is 13.3. The molecule has 3 rings (SSSR count). The maximum absolute atomic E-state index is 12.8. The summed E-state index contributed by atoms with van der Waals surface area (Å²) in [4.78, 5) is 30.3. The van der Waals surface area contributed by atoms with Gasteiger partial charge in [-0.05, 0) is 43.5 Å². The summed E-state index contributed by atoms with van der Waals surface area (Å²) in [5, 5.41) is 2.92. The van der Waals surface area contributed by atoms with Gasteiger partial charge in [0, 0.05) is 25.2 Å². The Bertz CT molecular complexity index is 911. The number of nitrogens with zero attached hydrogens (tertiary/aromatic N) is 3. The van der Waals surface area contributed by atoms with Crippen molar-refractivity contribution in [3.05, 3.63) is 35.2 Å². The fraction of sp³-hybridized carbons (Fsp3) is 0.500. The maximum atomic E-state index is 12.8. The van der Waals surface area contributed by atoms with E-state index in [1.807, 2.05) is 33.7 Å². The van der Waals surface area contributed by atoms with Crippen molar-refractivity contribution >= 4 is 23.6 Å². The molecule has 0 radical (unpaired) electrons. The van der Waals surface area contributed by atoms with Gasteiger partial charge in [0.15, 0.2) is 5.15 Å². The molecule has 0 unspecified atom stereocenters. The lowest BCUT2D eigenvalue weighted by molar-refractivity contribution is 0.0689. The lowest BCUT2D eigenvalue weighted by Crippen LogP contribution is -2.41. The molecule has 1 aliphatic heterocycles. The molecule has 2 heterocycles. The zero-order valence-corrected chi connectivity index (χ0v) is 18.9. The summed E-state index contributed by atoms with van der Waals surface area (Å²) < 4.78 is 12.3. The summed E-state index contributed by atoms with van der Waals surface area (Å²) in [6.07, 6.45) is 0.503. The lowest BCUT2D eigenvalue weighted by Gasteiger charge is -2.28. The molecule has 0 atom stereocenters. The number of fused-ring (bicyclic) bond motifs is 1. The van der Waals surface area contributed by atoms with Crippen LogP contribution in [0.3, 0.4) is 0 Å². The second kappa shape index (κ2) is 10.5. The molecule has 31 heavy (non-hydrogen) atoms. The number of imidazole rings is 1. The quantitative estimate of drug-likeness (QED) is 0.589. The SMILES string of the molecule is CCOC(=O)NCCOc1ccc(-c2c(Cl)nc3n2CCN(CCC(C)C)C3=O)cc1. The van der Waals surface area contributed by atoms with Crippen molar-refractivity contribution in [3.63, 3.8) is 0 Å². The van der Waals surface area contributed by atoms with Gasteiger partial charge in [-0.25, -0.2) is 9.78 Å². The number of rotatable bonds is 9. The Morgan fingerprint density at radius 1 is 1.26 bits per heavy atom. The van der Waals surface area contributed by atoms with Gasteiger partial charge < -0.3 is 24.3 Å². The minimum atomic E-state index is -0.459. The topological polar surface area (TPSA) is 85.7 Å². The number of halogens is 1. The van der Waals surface area contributed by atoms with Crippen LogP contribution in [-0.4, -0.2) is 59.3 Å².